The molecule has 1 heterocycles. The number of nitrogens with one attached hydrogen (secondary N) is 1. The highest BCUT2D eigenvalue weighted by Crippen LogP contribution is 2.63. The lowest BCUT2D eigenvalue weighted by atomic mass is 9.50. The average molecular weight is 315 g/mol. The highest BCUT2D eigenvalue weighted by molar-refractivity contribution is 5.76. The van der Waals surface area contributed by atoms with E-state index in [-0.39, 0.29) is 28.8 Å². The molecule has 4 rings (SSSR count). The molecule has 0 amide bonds. The van der Waals surface area contributed by atoms with E-state index in [1.54, 1.807) is 6.21 Å². The van der Waals surface area contributed by atoms with Crippen molar-refractivity contribution in [3.8, 4) is 0 Å². The fraction of sp³-hybridized carbons (Fsp3) is 0.800. The normalized spacial score (nSPS) is 52.2. The third kappa shape index (κ3) is 1.94. The number of ether oxygens (including phenoxy) is 1. The molecule has 0 aromatic heterocycles. The smallest absolute Gasteiger partial charge is 0.309 e. The van der Waals surface area contributed by atoms with Crippen molar-refractivity contribution < 1.29 is 9.53 Å². The predicted octanol–water partition coefficient (Wildman–Crippen LogP) is 4.37. The van der Waals surface area contributed by atoms with E-state index < -0.39 is 0 Å². The highest BCUT2D eigenvalue weighted by atomic mass is 16.6. The standard InChI is InChI=1S/C20H29NO2/c1-12-4-5-15-14(11-21)16(7-9-19(12,15)2)20(3)8-6-13-10-17(20)18(22)23-13/h11,13-17,21H,1,4-10H2,2-3H3/t13?,14-,15-,16-,17?,19+,20+/m0/s1. The summed E-state index contributed by atoms with van der Waals surface area (Å²) in [5.74, 6) is 1.37. The quantitative estimate of drug-likeness (QED) is 0.467. The van der Waals surface area contributed by atoms with Crippen LogP contribution in [0.1, 0.15) is 58.8 Å². The van der Waals surface area contributed by atoms with Gasteiger partial charge in [0, 0.05) is 5.92 Å². The Hall–Kier alpha value is -1.12. The lowest BCUT2D eigenvalue weighted by molar-refractivity contribution is -0.146. The Balaban J connectivity index is 1.68. The molecular formula is C20H29NO2. The van der Waals surface area contributed by atoms with Gasteiger partial charge >= 0.3 is 5.97 Å². The van der Waals surface area contributed by atoms with Crippen LogP contribution in [-0.2, 0) is 9.53 Å². The summed E-state index contributed by atoms with van der Waals surface area (Å²) >= 11 is 0. The maximum Gasteiger partial charge on any atom is 0.309 e. The molecule has 3 nitrogen and oxygen atoms in total. The molecule has 1 saturated heterocycles. The zero-order chi connectivity index (χ0) is 16.4. The molecular weight excluding hydrogens is 286 g/mol. The van der Waals surface area contributed by atoms with Gasteiger partial charge in [-0.25, -0.2) is 0 Å². The van der Waals surface area contributed by atoms with Crippen molar-refractivity contribution in [3.63, 3.8) is 0 Å². The molecule has 2 unspecified atom stereocenters. The van der Waals surface area contributed by atoms with Crippen LogP contribution < -0.4 is 0 Å². The number of carbonyl (C=O) groups is 1. The summed E-state index contributed by atoms with van der Waals surface area (Å²) in [7, 11) is 0. The molecule has 7 atom stereocenters. The zero-order valence-corrected chi connectivity index (χ0v) is 14.4. The number of hydrogen-bond acceptors (Lipinski definition) is 3. The fourth-order valence-corrected chi connectivity index (χ4v) is 6.56. The number of allylic oxidation sites excluding steroid dienone is 1. The lowest BCUT2D eigenvalue weighted by Crippen LogP contribution is -2.50. The Kier molecular flexibility index (Phi) is 3.31. The minimum Gasteiger partial charge on any atom is -0.462 e. The molecule has 0 aromatic rings. The Labute approximate surface area is 139 Å². The molecule has 126 valence electrons. The molecule has 2 bridgehead atoms. The first-order valence-corrected chi connectivity index (χ1v) is 9.29. The minimum atomic E-state index is 0.0115. The molecule has 0 radical (unpaired) electrons. The number of hydrogen-bond donors (Lipinski definition) is 1. The van der Waals surface area contributed by atoms with Crippen molar-refractivity contribution in [2.45, 2.75) is 64.9 Å². The second kappa shape index (κ2) is 4.94. The fourth-order valence-electron chi connectivity index (χ4n) is 6.56. The lowest BCUT2D eigenvalue weighted by Gasteiger charge is -2.53. The van der Waals surface area contributed by atoms with Crippen LogP contribution >= 0.6 is 0 Å². The van der Waals surface area contributed by atoms with Gasteiger partial charge in [0.15, 0.2) is 0 Å². The molecule has 1 N–H and O–H groups in total. The summed E-state index contributed by atoms with van der Waals surface area (Å²) < 4.78 is 5.55. The molecule has 4 fully saturated rings. The first-order valence-electron chi connectivity index (χ1n) is 9.29. The van der Waals surface area contributed by atoms with Crippen molar-refractivity contribution in [1.29, 1.82) is 5.41 Å². The van der Waals surface area contributed by atoms with Crippen LogP contribution in [0.2, 0.25) is 0 Å². The van der Waals surface area contributed by atoms with Gasteiger partial charge in [0.1, 0.15) is 6.10 Å². The van der Waals surface area contributed by atoms with Crippen molar-refractivity contribution >= 4 is 12.2 Å². The Morgan fingerprint density at radius 1 is 1.22 bits per heavy atom. The molecule has 3 aliphatic carbocycles. The van der Waals surface area contributed by atoms with Crippen molar-refractivity contribution in [3.05, 3.63) is 12.2 Å². The number of carbonyl (C=O) groups excluding carboxylic acids is 1. The SMILES string of the molecule is C=C1CC[C@H]2[C@H](C=N)[C@@H]([C@@]3(C)CCC4CC3C(=O)O4)CC[C@]12C. The van der Waals surface area contributed by atoms with Crippen LogP contribution in [-0.4, -0.2) is 18.3 Å². The Morgan fingerprint density at radius 2 is 2.00 bits per heavy atom. The van der Waals surface area contributed by atoms with Gasteiger partial charge in [-0.3, -0.25) is 4.79 Å². The summed E-state index contributed by atoms with van der Waals surface area (Å²) in [4.78, 5) is 12.4. The van der Waals surface area contributed by atoms with Gasteiger partial charge in [0.25, 0.3) is 0 Å². The van der Waals surface area contributed by atoms with Gasteiger partial charge in [-0.05, 0) is 73.8 Å². The van der Waals surface area contributed by atoms with E-state index in [0.717, 1.165) is 32.1 Å². The summed E-state index contributed by atoms with van der Waals surface area (Å²) in [6.07, 6.45) is 9.45. The van der Waals surface area contributed by atoms with E-state index in [1.165, 1.54) is 18.4 Å². The van der Waals surface area contributed by atoms with Crippen molar-refractivity contribution in [2.75, 3.05) is 0 Å². The largest absolute Gasteiger partial charge is 0.462 e. The van der Waals surface area contributed by atoms with E-state index in [0.29, 0.717) is 17.8 Å². The molecule has 3 saturated carbocycles. The zero-order valence-electron chi connectivity index (χ0n) is 14.4. The Bertz CT molecular complexity index is 570. The van der Waals surface area contributed by atoms with Crippen molar-refractivity contribution in [2.24, 2.45) is 34.5 Å². The van der Waals surface area contributed by atoms with E-state index >= 15 is 0 Å². The van der Waals surface area contributed by atoms with Crippen LogP contribution in [0, 0.1) is 39.9 Å². The Morgan fingerprint density at radius 3 is 2.74 bits per heavy atom. The van der Waals surface area contributed by atoms with Gasteiger partial charge < -0.3 is 10.1 Å². The van der Waals surface area contributed by atoms with E-state index in [1.807, 2.05) is 0 Å². The topological polar surface area (TPSA) is 50.2 Å². The van der Waals surface area contributed by atoms with E-state index in [4.69, 9.17) is 10.1 Å². The third-order valence-corrected chi connectivity index (χ3v) is 8.19. The van der Waals surface area contributed by atoms with Crippen LogP contribution in [0.5, 0.6) is 0 Å². The van der Waals surface area contributed by atoms with Gasteiger partial charge in [-0.2, -0.15) is 0 Å². The monoisotopic (exact) mass is 315 g/mol. The molecule has 0 aromatic carbocycles. The summed E-state index contributed by atoms with van der Waals surface area (Å²) in [6.45, 7) is 9.01. The summed E-state index contributed by atoms with van der Waals surface area (Å²) in [6, 6.07) is 0. The maximum absolute atomic E-state index is 12.4. The molecule has 0 spiro atoms. The first kappa shape index (κ1) is 15.4. The maximum atomic E-state index is 12.4. The molecule has 3 heteroatoms. The van der Waals surface area contributed by atoms with Gasteiger partial charge in [0.05, 0.1) is 5.92 Å². The first-order chi connectivity index (χ1) is 10.9. The molecule has 4 aliphatic rings. The number of rotatable bonds is 2. The van der Waals surface area contributed by atoms with E-state index in [9.17, 15) is 4.79 Å². The predicted molar refractivity (Wildman–Crippen MR) is 90.3 cm³/mol. The van der Waals surface area contributed by atoms with Crippen LogP contribution in [0.25, 0.3) is 0 Å². The highest BCUT2D eigenvalue weighted by Gasteiger charge is 2.59. The average Bonchev–Trinajstić information content (AvgIpc) is 3.01. The van der Waals surface area contributed by atoms with Crippen LogP contribution in [0.3, 0.4) is 0 Å². The van der Waals surface area contributed by atoms with Crippen LogP contribution in [0.4, 0.5) is 0 Å². The second-order valence-electron chi connectivity index (χ2n) is 8.95. The van der Waals surface area contributed by atoms with Crippen LogP contribution in [0.15, 0.2) is 12.2 Å². The summed E-state index contributed by atoms with van der Waals surface area (Å²) in [5.41, 5.74) is 1.61. The van der Waals surface area contributed by atoms with Gasteiger partial charge in [0.2, 0.25) is 0 Å². The van der Waals surface area contributed by atoms with E-state index in [2.05, 4.69) is 20.4 Å². The van der Waals surface area contributed by atoms with Crippen molar-refractivity contribution in [1.82, 2.24) is 0 Å². The third-order valence-electron chi connectivity index (χ3n) is 8.19. The number of fused-ring (bicyclic) bond motifs is 3. The van der Waals surface area contributed by atoms with Gasteiger partial charge in [-0.15, -0.1) is 0 Å². The second-order valence-corrected chi connectivity index (χ2v) is 8.95. The summed E-state index contributed by atoms with van der Waals surface area (Å²) in [5, 5.41) is 8.15. The molecule has 23 heavy (non-hydrogen) atoms. The number of esters is 1. The molecule has 1 aliphatic heterocycles. The minimum absolute atomic E-state index is 0.0115. The van der Waals surface area contributed by atoms with Gasteiger partial charge in [-0.1, -0.05) is 26.0 Å².